The van der Waals surface area contributed by atoms with Gasteiger partial charge in [-0.3, -0.25) is 0 Å². The molecule has 2 heterocycles. The van der Waals surface area contributed by atoms with Crippen LogP contribution < -0.4 is 5.32 Å². The number of sulfonamides is 1. The van der Waals surface area contributed by atoms with Gasteiger partial charge in [-0.1, -0.05) is 0 Å². The standard InChI is InChI=1S/C14H27N3O5S/c1-23(19,20)17-8-6-16(7-9-17)14(18)15-5-3-10-21-12-13-4-2-11-22-13/h13H,2-12H2,1H3,(H,15,18)/t13-/m0/s1. The van der Waals surface area contributed by atoms with Crippen molar-refractivity contribution in [3.63, 3.8) is 0 Å². The number of urea groups is 1. The number of nitrogens with zero attached hydrogens (tertiary/aromatic N) is 2. The first-order valence-corrected chi connectivity index (χ1v) is 9.99. The smallest absolute Gasteiger partial charge is 0.317 e. The third-order valence-electron chi connectivity index (χ3n) is 4.06. The molecule has 2 fully saturated rings. The summed E-state index contributed by atoms with van der Waals surface area (Å²) in [6.45, 7) is 4.17. The van der Waals surface area contributed by atoms with Crippen LogP contribution >= 0.6 is 0 Å². The molecule has 0 radical (unpaired) electrons. The van der Waals surface area contributed by atoms with E-state index in [-0.39, 0.29) is 12.1 Å². The quantitative estimate of drug-likeness (QED) is 0.646. The van der Waals surface area contributed by atoms with Crippen LogP contribution in [0.15, 0.2) is 0 Å². The van der Waals surface area contributed by atoms with Crippen LogP contribution in [0, 0.1) is 0 Å². The first kappa shape index (κ1) is 18.4. The molecule has 0 aliphatic carbocycles. The van der Waals surface area contributed by atoms with Crippen molar-refractivity contribution in [1.29, 1.82) is 0 Å². The Morgan fingerprint density at radius 1 is 1.30 bits per heavy atom. The minimum atomic E-state index is -3.16. The van der Waals surface area contributed by atoms with Gasteiger partial charge in [0.25, 0.3) is 0 Å². The van der Waals surface area contributed by atoms with E-state index in [0.717, 1.165) is 25.9 Å². The predicted octanol–water partition coefficient (Wildman–Crippen LogP) is -0.141. The minimum Gasteiger partial charge on any atom is -0.379 e. The highest BCUT2D eigenvalue weighted by molar-refractivity contribution is 7.88. The lowest BCUT2D eigenvalue weighted by Gasteiger charge is -2.33. The first-order valence-electron chi connectivity index (χ1n) is 8.14. The highest BCUT2D eigenvalue weighted by Gasteiger charge is 2.25. The van der Waals surface area contributed by atoms with Crippen LogP contribution in [-0.4, -0.2) is 88.6 Å². The Morgan fingerprint density at radius 3 is 2.65 bits per heavy atom. The zero-order valence-electron chi connectivity index (χ0n) is 13.7. The van der Waals surface area contributed by atoms with Gasteiger partial charge in [-0.2, -0.15) is 4.31 Å². The van der Waals surface area contributed by atoms with E-state index in [9.17, 15) is 13.2 Å². The Bertz CT molecular complexity index is 471. The zero-order chi connectivity index (χ0) is 16.7. The van der Waals surface area contributed by atoms with Crippen LogP contribution in [0.4, 0.5) is 4.79 Å². The number of ether oxygens (including phenoxy) is 2. The van der Waals surface area contributed by atoms with Gasteiger partial charge in [0.05, 0.1) is 19.0 Å². The molecular weight excluding hydrogens is 322 g/mol. The van der Waals surface area contributed by atoms with Crippen LogP contribution in [0.1, 0.15) is 19.3 Å². The molecule has 0 bridgehead atoms. The van der Waals surface area contributed by atoms with Crippen molar-refractivity contribution in [3.8, 4) is 0 Å². The second-order valence-electron chi connectivity index (χ2n) is 5.94. The van der Waals surface area contributed by atoms with Crippen molar-refractivity contribution in [2.24, 2.45) is 0 Å². The van der Waals surface area contributed by atoms with Crippen LogP contribution in [0.2, 0.25) is 0 Å². The van der Waals surface area contributed by atoms with Crippen molar-refractivity contribution in [2.75, 3.05) is 58.8 Å². The van der Waals surface area contributed by atoms with Gasteiger partial charge < -0.3 is 19.7 Å². The topological polar surface area (TPSA) is 88.2 Å². The number of amides is 2. The van der Waals surface area contributed by atoms with E-state index in [2.05, 4.69) is 5.32 Å². The van der Waals surface area contributed by atoms with E-state index in [4.69, 9.17) is 9.47 Å². The third kappa shape index (κ3) is 6.25. The monoisotopic (exact) mass is 349 g/mol. The molecule has 1 atom stereocenters. The van der Waals surface area contributed by atoms with Crippen molar-refractivity contribution >= 4 is 16.1 Å². The molecule has 0 aromatic rings. The molecule has 0 spiro atoms. The third-order valence-corrected chi connectivity index (χ3v) is 5.37. The van der Waals surface area contributed by atoms with Gasteiger partial charge >= 0.3 is 6.03 Å². The maximum atomic E-state index is 12.0. The van der Waals surface area contributed by atoms with Crippen molar-refractivity contribution in [3.05, 3.63) is 0 Å². The summed E-state index contributed by atoms with van der Waals surface area (Å²) >= 11 is 0. The fourth-order valence-electron chi connectivity index (χ4n) is 2.69. The second-order valence-corrected chi connectivity index (χ2v) is 7.93. The fourth-order valence-corrected chi connectivity index (χ4v) is 3.52. The van der Waals surface area contributed by atoms with E-state index in [1.54, 1.807) is 4.90 Å². The molecule has 2 rings (SSSR count). The van der Waals surface area contributed by atoms with E-state index < -0.39 is 10.0 Å². The van der Waals surface area contributed by atoms with Gasteiger partial charge in [0, 0.05) is 45.9 Å². The Labute approximate surface area is 138 Å². The number of rotatable bonds is 7. The molecule has 9 heteroatoms. The minimum absolute atomic E-state index is 0.141. The largest absolute Gasteiger partial charge is 0.379 e. The maximum absolute atomic E-state index is 12.0. The highest BCUT2D eigenvalue weighted by atomic mass is 32.2. The predicted molar refractivity (Wildman–Crippen MR) is 85.8 cm³/mol. The van der Waals surface area contributed by atoms with Crippen LogP contribution in [-0.2, 0) is 19.5 Å². The van der Waals surface area contributed by atoms with E-state index >= 15 is 0 Å². The highest BCUT2D eigenvalue weighted by Crippen LogP contribution is 2.11. The van der Waals surface area contributed by atoms with E-state index in [0.29, 0.717) is 45.9 Å². The molecule has 134 valence electrons. The molecule has 2 aliphatic heterocycles. The lowest BCUT2D eigenvalue weighted by atomic mass is 10.2. The van der Waals surface area contributed by atoms with Crippen LogP contribution in [0.25, 0.3) is 0 Å². The Hall–Kier alpha value is -0.900. The van der Waals surface area contributed by atoms with Gasteiger partial charge in [-0.15, -0.1) is 0 Å². The number of nitrogens with one attached hydrogen (secondary N) is 1. The number of hydrogen-bond donors (Lipinski definition) is 1. The number of carbonyl (C=O) groups is 1. The lowest BCUT2D eigenvalue weighted by Crippen LogP contribution is -2.53. The average molecular weight is 349 g/mol. The lowest BCUT2D eigenvalue weighted by molar-refractivity contribution is 0.0167. The Balaban J connectivity index is 1.52. The Morgan fingerprint density at radius 2 is 2.04 bits per heavy atom. The molecule has 2 amide bonds. The van der Waals surface area contributed by atoms with Crippen molar-refractivity contribution < 1.29 is 22.7 Å². The number of piperazine rings is 1. The molecule has 23 heavy (non-hydrogen) atoms. The summed E-state index contributed by atoms with van der Waals surface area (Å²) in [6.07, 6.45) is 4.35. The summed E-state index contributed by atoms with van der Waals surface area (Å²) in [4.78, 5) is 13.6. The van der Waals surface area contributed by atoms with Gasteiger partial charge in [-0.25, -0.2) is 13.2 Å². The zero-order valence-corrected chi connectivity index (χ0v) is 14.5. The van der Waals surface area contributed by atoms with E-state index in [1.165, 1.54) is 10.6 Å². The summed E-state index contributed by atoms with van der Waals surface area (Å²) in [5, 5.41) is 2.84. The van der Waals surface area contributed by atoms with Crippen molar-refractivity contribution in [1.82, 2.24) is 14.5 Å². The summed E-state index contributed by atoms with van der Waals surface area (Å²) in [7, 11) is -3.16. The van der Waals surface area contributed by atoms with Crippen LogP contribution in [0.3, 0.4) is 0 Å². The summed E-state index contributed by atoms with van der Waals surface area (Å²) in [6, 6.07) is -0.141. The molecule has 1 N–H and O–H groups in total. The van der Waals surface area contributed by atoms with Crippen LogP contribution in [0.5, 0.6) is 0 Å². The summed E-state index contributed by atoms with van der Waals surface area (Å²) < 4.78 is 35.2. The number of hydrogen-bond acceptors (Lipinski definition) is 5. The maximum Gasteiger partial charge on any atom is 0.317 e. The molecule has 2 aliphatic rings. The molecule has 8 nitrogen and oxygen atoms in total. The van der Waals surface area contributed by atoms with Crippen molar-refractivity contribution in [2.45, 2.75) is 25.4 Å². The second kappa shape index (κ2) is 8.81. The number of carbonyl (C=O) groups excluding carboxylic acids is 1. The van der Waals surface area contributed by atoms with E-state index in [1.807, 2.05) is 0 Å². The molecule has 0 saturated carbocycles. The Kier molecular flexibility index (Phi) is 7.07. The normalized spacial score (nSPS) is 23.2. The SMILES string of the molecule is CS(=O)(=O)N1CCN(C(=O)NCCCOC[C@@H]2CCCO2)CC1. The molecule has 0 unspecified atom stereocenters. The van der Waals surface area contributed by atoms with Gasteiger partial charge in [0.1, 0.15) is 0 Å². The van der Waals surface area contributed by atoms with Gasteiger partial charge in [-0.05, 0) is 19.3 Å². The molecule has 2 saturated heterocycles. The molecule has 0 aromatic carbocycles. The molecular formula is C14H27N3O5S. The molecule has 0 aromatic heterocycles. The average Bonchev–Trinajstić information content (AvgIpc) is 3.03. The summed E-state index contributed by atoms with van der Waals surface area (Å²) in [5.41, 5.74) is 0. The van der Waals surface area contributed by atoms with Gasteiger partial charge in [0.15, 0.2) is 0 Å². The first-order chi connectivity index (χ1) is 11.0. The summed E-state index contributed by atoms with van der Waals surface area (Å²) in [5.74, 6) is 0. The van der Waals surface area contributed by atoms with Gasteiger partial charge in [0.2, 0.25) is 10.0 Å². The fraction of sp³-hybridized carbons (Fsp3) is 0.929.